The van der Waals surface area contributed by atoms with Crippen LogP contribution >= 0.6 is 0 Å². The summed E-state index contributed by atoms with van der Waals surface area (Å²) in [4.78, 5) is 20.5. The molecule has 0 radical (unpaired) electrons. The van der Waals surface area contributed by atoms with Crippen LogP contribution in [-0.4, -0.2) is 64.2 Å². The fourth-order valence-corrected chi connectivity index (χ4v) is 4.65. The maximum atomic E-state index is 11.9. The molecule has 1 amide bonds. The summed E-state index contributed by atoms with van der Waals surface area (Å²) in [5.74, 6) is 1.09. The van der Waals surface area contributed by atoms with Gasteiger partial charge in [0.1, 0.15) is 13.2 Å². The maximum Gasteiger partial charge on any atom is 0.257 e. The summed E-state index contributed by atoms with van der Waals surface area (Å²) >= 11 is 0. The summed E-state index contributed by atoms with van der Waals surface area (Å²) < 4.78 is 11.8. The van der Waals surface area contributed by atoms with Crippen LogP contribution in [0.5, 0.6) is 11.6 Å². The molecule has 1 aromatic heterocycles. The number of piperazine rings is 1. The van der Waals surface area contributed by atoms with Crippen LogP contribution in [0.3, 0.4) is 0 Å². The Kier molecular flexibility index (Phi) is 4.85. The number of amides is 1. The third-order valence-corrected chi connectivity index (χ3v) is 6.22. The van der Waals surface area contributed by atoms with Gasteiger partial charge in [-0.3, -0.25) is 9.69 Å². The van der Waals surface area contributed by atoms with E-state index in [1.165, 1.54) is 5.56 Å². The number of carbonyl (C=O) groups excluding carboxylic acids is 1. The van der Waals surface area contributed by atoms with Gasteiger partial charge in [-0.25, -0.2) is 4.98 Å². The smallest absolute Gasteiger partial charge is 0.257 e. The van der Waals surface area contributed by atoms with Gasteiger partial charge >= 0.3 is 0 Å². The molecule has 4 aliphatic rings. The molecule has 6 rings (SSSR count). The summed E-state index contributed by atoms with van der Waals surface area (Å²) in [5, 5.41) is 9.18. The van der Waals surface area contributed by atoms with Gasteiger partial charge in [-0.05, 0) is 36.1 Å². The van der Waals surface area contributed by atoms with Gasteiger partial charge in [0.25, 0.3) is 5.88 Å². The van der Waals surface area contributed by atoms with Gasteiger partial charge in [-0.2, -0.15) is 0 Å². The lowest BCUT2D eigenvalue weighted by molar-refractivity contribution is -0.145. The number of aromatic nitrogens is 1. The average Bonchev–Trinajstić information content (AvgIpc) is 2.79. The number of aliphatic hydroxyl groups is 1. The molecule has 0 aliphatic carbocycles. The topological polar surface area (TPSA) is 75.1 Å². The summed E-state index contributed by atoms with van der Waals surface area (Å²) in [7, 11) is 0. The number of fused-ring (bicyclic) bond motifs is 4. The van der Waals surface area contributed by atoms with E-state index in [4.69, 9.17) is 9.47 Å². The minimum atomic E-state index is -0.391. The van der Waals surface area contributed by atoms with Crippen LogP contribution in [0.15, 0.2) is 42.6 Å². The lowest BCUT2D eigenvalue weighted by Gasteiger charge is -2.51. The van der Waals surface area contributed by atoms with Crippen LogP contribution in [0.2, 0.25) is 0 Å². The first kappa shape index (κ1) is 18.4. The average molecular weight is 395 g/mol. The van der Waals surface area contributed by atoms with E-state index >= 15 is 0 Å². The van der Waals surface area contributed by atoms with E-state index in [9.17, 15) is 9.90 Å². The number of aliphatic hydroxyl groups excluding tert-OH is 1. The Morgan fingerprint density at radius 2 is 1.97 bits per heavy atom. The Hall–Kier alpha value is -2.64. The van der Waals surface area contributed by atoms with Gasteiger partial charge in [0.2, 0.25) is 5.91 Å². The van der Waals surface area contributed by atoms with E-state index in [-0.39, 0.29) is 18.1 Å². The Morgan fingerprint density at radius 1 is 1.14 bits per heavy atom. The number of hydrogen-bond acceptors (Lipinski definition) is 6. The second-order valence-electron chi connectivity index (χ2n) is 7.98. The number of nitrogens with zero attached hydrogens (tertiary/aromatic N) is 3. The Bertz CT molecular complexity index is 888. The number of ether oxygens (including phenoxy) is 2. The molecule has 5 heterocycles. The second kappa shape index (κ2) is 7.65. The highest BCUT2D eigenvalue weighted by Gasteiger charge is 2.40. The molecule has 3 fully saturated rings. The van der Waals surface area contributed by atoms with Crippen molar-refractivity contribution in [3.05, 3.63) is 53.7 Å². The molecule has 3 saturated heterocycles. The molecule has 29 heavy (non-hydrogen) atoms. The molecule has 1 aromatic carbocycles. The molecule has 0 spiro atoms. The molecule has 152 valence electrons. The molecule has 7 nitrogen and oxygen atoms in total. The lowest BCUT2D eigenvalue weighted by atomic mass is 9.90. The fourth-order valence-electron chi connectivity index (χ4n) is 4.65. The van der Waals surface area contributed by atoms with Crippen molar-refractivity contribution in [2.45, 2.75) is 37.6 Å². The van der Waals surface area contributed by atoms with Crippen molar-refractivity contribution in [3.8, 4) is 11.6 Å². The highest BCUT2D eigenvalue weighted by molar-refractivity contribution is 5.77. The molecule has 4 aliphatic heterocycles. The second-order valence-corrected chi connectivity index (χ2v) is 7.98. The SMILES string of the molecule is O=C(CO)N1C[C@H]2CC[C@H]1CN2Cc1ccc([C@H]2COc3cccnc3O2)cc1. The van der Waals surface area contributed by atoms with Crippen LogP contribution in [0.4, 0.5) is 0 Å². The van der Waals surface area contributed by atoms with Gasteiger partial charge in [-0.1, -0.05) is 24.3 Å². The highest BCUT2D eigenvalue weighted by Crippen LogP contribution is 2.34. The highest BCUT2D eigenvalue weighted by atomic mass is 16.6. The third-order valence-electron chi connectivity index (χ3n) is 6.22. The summed E-state index contributed by atoms with van der Waals surface area (Å²) in [6.07, 6.45) is 3.68. The standard InChI is InChI=1S/C22H25N3O4/c26-13-21(27)25-12-17-7-8-18(25)11-24(17)10-15-3-5-16(6-4-15)20-14-28-19-2-1-9-23-22(19)29-20/h1-6,9,17-18,20,26H,7-8,10-14H2/t17-,18+,20-/m1/s1. The van der Waals surface area contributed by atoms with Crippen LogP contribution in [0, 0.1) is 0 Å². The fraction of sp³-hybridized carbons (Fsp3) is 0.455. The number of benzene rings is 1. The van der Waals surface area contributed by atoms with Gasteiger partial charge < -0.3 is 19.5 Å². The number of pyridine rings is 1. The number of piperidine rings is 2. The van der Waals surface area contributed by atoms with Crippen LogP contribution in [-0.2, 0) is 11.3 Å². The minimum Gasteiger partial charge on any atom is -0.484 e. The van der Waals surface area contributed by atoms with Crippen molar-refractivity contribution < 1.29 is 19.4 Å². The van der Waals surface area contributed by atoms with Crippen molar-refractivity contribution in [1.29, 1.82) is 0 Å². The first-order valence-corrected chi connectivity index (χ1v) is 10.2. The Balaban J connectivity index is 1.23. The van der Waals surface area contributed by atoms with Gasteiger partial charge in [0.15, 0.2) is 11.9 Å². The molecule has 2 bridgehead atoms. The molecular formula is C22H25N3O4. The van der Waals surface area contributed by atoms with Crippen LogP contribution in [0.25, 0.3) is 0 Å². The molecule has 3 atom stereocenters. The van der Waals surface area contributed by atoms with Crippen molar-refractivity contribution in [3.63, 3.8) is 0 Å². The monoisotopic (exact) mass is 395 g/mol. The number of hydrogen-bond donors (Lipinski definition) is 1. The number of rotatable bonds is 4. The normalized spacial score (nSPS) is 25.8. The van der Waals surface area contributed by atoms with E-state index in [0.29, 0.717) is 24.3 Å². The van der Waals surface area contributed by atoms with E-state index in [1.54, 1.807) is 6.20 Å². The zero-order valence-corrected chi connectivity index (χ0v) is 16.2. The number of carbonyl (C=O) groups is 1. The Morgan fingerprint density at radius 3 is 2.72 bits per heavy atom. The molecule has 2 aromatic rings. The Labute approximate surface area is 169 Å². The van der Waals surface area contributed by atoms with E-state index < -0.39 is 6.61 Å². The predicted octanol–water partition coefficient (Wildman–Crippen LogP) is 1.76. The zero-order valence-electron chi connectivity index (χ0n) is 16.2. The predicted molar refractivity (Wildman–Crippen MR) is 106 cm³/mol. The summed E-state index contributed by atoms with van der Waals surface area (Å²) in [6, 6.07) is 12.8. The summed E-state index contributed by atoms with van der Waals surface area (Å²) in [5.41, 5.74) is 2.32. The van der Waals surface area contributed by atoms with E-state index in [1.807, 2.05) is 17.0 Å². The van der Waals surface area contributed by atoms with Crippen molar-refractivity contribution >= 4 is 5.91 Å². The van der Waals surface area contributed by atoms with E-state index in [0.717, 1.165) is 38.0 Å². The molecule has 0 unspecified atom stereocenters. The third kappa shape index (κ3) is 3.56. The van der Waals surface area contributed by atoms with Gasteiger partial charge in [-0.15, -0.1) is 0 Å². The van der Waals surface area contributed by atoms with Crippen LogP contribution < -0.4 is 9.47 Å². The molecule has 7 heteroatoms. The van der Waals surface area contributed by atoms with Gasteiger partial charge in [0.05, 0.1) is 0 Å². The van der Waals surface area contributed by atoms with Crippen molar-refractivity contribution in [1.82, 2.24) is 14.8 Å². The largest absolute Gasteiger partial charge is 0.484 e. The molecular weight excluding hydrogens is 370 g/mol. The first-order chi connectivity index (χ1) is 14.2. The van der Waals surface area contributed by atoms with Crippen LogP contribution in [0.1, 0.15) is 30.1 Å². The summed E-state index contributed by atoms with van der Waals surface area (Å²) in [6.45, 7) is 2.55. The molecule has 1 N–H and O–H groups in total. The van der Waals surface area contributed by atoms with Gasteiger partial charge in [0, 0.05) is 37.9 Å². The first-order valence-electron chi connectivity index (χ1n) is 10.2. The molecule has 0 saturated carbocycles. The quantitative estimate of drug-likeness (QED) is 0.850. The zero-order chi connectivity index (χ0) is 19.8. The van der Waals surface area contributed by atoms with Crippen molar-refractivity contribution in [2.24, 2.45) is 0 Å². The van der Waals surface area contributed by atoms with Crippen molar-refractivity contribution in [2.75, 3.05) is 26.3 Å². The minimum absolute atomic E-state index is 0.144. The maximum absolute atomic E-state index is 11.9. The lowest BCUT2D eigenvalue weighted by Crippen LogP contribution is -2.63. The van der Waals surface area contributed by atoms with E-state index in [2.05, 4.69) is 34.1 Å².